The number of methoxy groups -OCH3 is 2. The number of carbonyl (C=O) groups is 1. The first-order chi connectivity index (χ1) is 19.8. The summed E-state index contributed by atoms with van der Waals surface area (Å²) in [6, 6.07) is 9.27. The number of imidazole rings is 1. The molecule has 1 amide bonds. The van der Waals surface area contributed by atoms with Gasteiger partial charge in [0.2, 0.25) is 5.91 Å². The van der Waals surface area contributed by atoms with Crippen molar-refractivity contribution >= 4 is 51.3 Å². The third kappa shape index (κ3) is 6.11. The zero-order valence-electron chi connectivity index (χ0n) is 23.2. The van der Waals surface area contributed by atoms with Gasteiger partial charge in [-0.15, -0.1) is 0 Å². The van der Waals surface area contributed by atoms with Crippen LogP contribution in [0.5, 0.6) is 17.2 Å². The quantitative estimate of drug-likeness (QED) is 0.319. The first-order valence-corrected chi connectivity index (χ1v) is 14.2. The number of fused-ring (bicyclic) bond motifs is 1. The van der Waals surface area contributed by atoms with E-state index in [-0.39, 0.29) is 5.57 Å². The minimum Gasteiger partial charge on any atom is -0.493 e. The van der Waals surface area contributed by atoms with E-state index >= 15 is 0 Å². The van der Waals surface area contributed by atoms with Crippen molar-refractivity contribution in [3.8, 4) is 17.2 Å². The Kier molecular flexibility index (Phi) is 8.94. The van der Waals surface area contributed by atoms with Crippen LogP contribution in [0.4, 0.5) is 0 Å². The summed E-state index contributed by atoms with van der Waals surface area (Å²) in [6.45, 7) is 4.50. The Hall–Kier alpha value is -3.44. The van der Waals surface area contributed by atoms with Gasteiger partial charge in [0.1, 0.15) is 18.2 Å². The maximum absolute atomic E-state index is 12.4. The highest BCUT2D eigenvalue weighted by atomic mass is 35.5. The van der Waals surface area contributed by atoms with Crippen LogP contribution in [-0.2, 0) is 9.53 Å². The van der Waals surface area contributed by atoms with E-state index in [1.54, 1.807) is 32.7 Å². The Bertz CT molecular complexity index is 1530. The molecule has 1 fully saturated rings. The number of thiocarbonyl (C=S) groups is 1. The highest BCUT2D eigenvalue weighted by Gasteiger charge is 2.29. The Morgan fingerprint density at radius 3 is 2.63 bits per heavy atom. The van der Waals surface area contributed by atoms with Crippen LogP contribution < -0.4 is 25.3 Å². The lowest BCUT2D eigenvalue weighted by atomic mass is 9.98. The van der Waals surface area contributed by atoms with Gasteiger partial charge in [-0.1, -0.05) is 36.0 Å². The van der Waals surface area contributed by atoms with Crippen molar-refractivity contribution in [3.05, 3.63) is 65.0 Å². The van der Waals surface area contributed by atoms with Crippen molar-refractivity contribution < 1.29 is 23.7 Å². The minimum absolute atomic E-state index is 0.196. The molecule has 11 heteroatoms. The number of ether oxygens (including phenoxy) is 4. The normalized spacial score (nSPS) is 18.5. The van der Waals surface area contributed by atoms with Crippen molar-refractivity contribution in [2.24, 2.45) is 11.7 Å². The second kappa shape index (κ2) is 12.6. The number of allylic oxidation sites excluding steroid dienone is 2. The molecule has 0 saturated carbocycles. The molecule has 3 aromatic rings. The number of carbonyl (C=O) groups excluding carboxylic acids is 1. The van der Waals surface area contributed by atoms with Gasteiger partial charge in [0.05, 0.1) is 53.4 Å². The molecule has 2 heterocycles. The minimum atomic E-state index is -0.726. The summed E-state index contributed by atoms with van der Waals surface area (Å²) >= 11 is 12.5. The average Bonchev–Trinajstić information content (AvgIpc) is 3.40. The van der Waals surface area contributed by atoms with Gasteiger partial charge >= 0.3 is 0 Å². The van der Waals surface area contributed by atoms with Gasteiger partial charge in [0.25, 0.3) is 0 Å². The molecular weight excluding hydrogens is 564 g/mol. The number of primary amides is 1. The third-order valence-electron chi connectivity index (χ3n) is 7.45. The van der Waals surface area contributed by atoms with E-state index in [2.05, 4.69) is 10.3 Å². The van der Waals surface area contributed by atoms with E-state index in [1.165, 1.54) is 0 Å². The topological polar surface area (TPSA) is 110 Å². The van der Waals surface area contributed by atoms with Crippen LogP contribution in [0.25, 0.3) is 16.7 Å². The molecule has 0 spiro atoms. The maximum Gasteiger partial charge on any atom is 0.250 e. The Labute approximate surface area is 249 Å². The standard InChI is InChI=1S/C30H33ClN4O5S/c1-17(20-5-4-6-24(28(20)31)39-15-18-7-9-33-10-8-18)40-27-12-19(11-21(29(27)41)30(32)36)35-16-34-22-13-25(37-2)26(38-3)14-23(22)35/h4-6,11-14,16-18,27,33H,7-10,15H2,1-3H3,(H2,32,36)/t17-,27?/m1/s1. The van der Waals surface area contributed by atoms with Gasteiger partial charge in [0.15, 0.2) is 11.5 Å². The molecule has 1 aromatic heterocycles. The highest BCUT2D eigenvalue weighted by Crippen LogP contribution is 2.37. The van der Waals surface area contributed by atoms with E-state index in [0.717, 1.165) is 37.0 Å². The van der Waals surface area contributed by atoms with Crippen LogP contribution in [0.2, 0.25) is 5.02 Å². The predicted molar refractivity (Wildman–Crippen MR) is 163 cm³/mol. The van der Waals surface area contributed by atoms with E-state index in [9.17, 15) is 4.79 Å². The molecule has 5 rings (SSSR count). The number of halogens is 1. The fourth-order valence-corrected chi connectivity index (χ4v) is 5.76. The van der Waals surface area contributed by atoms with Crippen LogP contribution in [0.15, 0.2) is 54.4 Å². The van der Waals surface area contributed by atoms with Crippen molar-refractivity contribution in [2.75, 3.05) is 33.9 Å². The summed E-state index contributed by atoms with van der Waals surface area (Å²) in [5.41, 5.74) is 8.74. The van der Waals surface area contributed by atoms with Crippen LogP contribution in [0.3, 0.4) is 0 Å². The summed E-state index contributed by atoms with van der Waals surface area (Å²) in [5.74, 6) is 1.58. The number of nitrogens with two attached hydrogens (primary N) is 1. The number of benzene rings is 2. The van der Waals surface area contributed by atoms with E-state index < -0.39 is 18.1 Å². The molecule has 3 N–H and O–H groups in total. The van der Waals surface area contributed by atoms with Gasteiger partial charge < -0.3 is 30.0 Å². The molecule has 0 radical (unpaired) electrons. The fourth-order valence-electron chi connectivity index (χ4n) is 5.14. The summed E-state index contributed by atoms with van der Waals surface area (Å²) < 4.78 is 25.3. The zero-order chi connectivity index (χ0) is 29.1. The van der Waals surface area contributed by atoms with Crippen LogP contribution >= 0.6 is 23.8 Å². The molecule has 2 aromatic carbocycles. The lowest BCUT2D eigenvalue weighted by Gasteiger charge is -2.27. The summed E-state index contributed by atoms with van der Waals surface area (Å²) in [4.78, 5) is 17.2. The summed E-state index contributed by atoms with van der Waals surface area (Å²) in [5, 5.41) is 3.86. The number of rotatable bonds is 10. The predicted octanol–water partition coefficient (Wildman–Crippen LogP) is 4.87. The number of amides is 1. The Morgan fingerprint density at radius 1 is 1.20 bits per heavy atom. The Morgan fingerprint density at radius 2 is 1.93 bits per heavy atom. The summed E-state index contributed by atoms with van der Waals surface area (Å²) in [7, 11) is 3.14. The average molecular weight is 597 g/mol. The Balaban J connectivity index is 1.42. The molecule has 1 aliphatic heterocycles. The molecule has 41 heavy (non-hydrogen) atoms. The molecule has 1 aliphatic carbocycles. The largest absolute Gasteiger partial charge is 0.493 e. The lowest BCUT2D eigenvalue weighted by Crippen LogP contribution is -2.32. The second-order valence-corrected chi connectivity index (χ2v) is 10.9. The van der Waals surface area contributed by atoms with Gasteiger partial charge in [-0.25, -0.2) is 4.98 Å². The number of nitrogens with one attached hydrogen (secondary N) is 1. The number of nitrogens with zero attached hydrogens (tertiary/aromatic N) is 2. The van der Waals surface area contributed by atoms with E-state index in [4.69, 9.17) is 48.5 Å². The van der Waals surface area contributed by atoms with Crippen LogP contribution in [0, 0.1) is 5.92 Å². The first-order valence-electron chi connectivity index (χ1n) is 13.4. The molecule has 2 atom stereocenters. The number of hydrogen-bond acceptors (Lipinski definition) is 8. The van der Waals surface area contributed by atoms with E-state index in [0.29, 0.717) is 50.9 Å². The number of aromatic nitrogens is 2. The third-order valence-corrected chi connectivity index (χ3v) is 8.31. The van der Waals surface area contributed by atoms with Gasteiger partial charge in [-0.05, 0) is 57.0 Å². The second-order valence-electron chi connectivity index (χ2n) is 10.1. The first kappa shape index (κ1) is 29.1. The molecule has 216 valence electrons. The zero-order valence-corrected chi connectivity index (χ0v) is 24.8. The van der Waals surface area contributed by atoms with Gasteiger partial charge in [-0.3, -0.25) is 9.36 Å². The van der Waals surface area contributed by atoms with Crippen molar-refractivity contribution in [3.63, 3.8) is 0 Å². The monoisotopic (exact) mass is 596 g/mol. The SMILES string of the molecule is COc1cc2ncn(C3=CC(O[C@H](C)c4cccc(OCC5CCNCC5)c4Cl)C(=S)C(C(N)=O)=C3)c2cc1OC. The van der Waals surface area contributed by atoms with Crippen LogP contribution in [-0.4, -0.2) is 60.3 Å². The molecule has 0 bridgehead atoms. The molecule has 1 saturated heterocycles. The van der Waals surface area contributed by atoms with Crippen molar-refractivity contribution in [1.29, 1.82) is 0 Å². The molecule has 1 unspecified atom stereocenters. The number of hydrogen-bond donors (Lipinski definition) is 2. The lowest BCUT2D eigenvalue weighted by molar-refractivity contribution is -0.114. The van der Waals surface area contributed by atoms with Gasteiger partial charge in [-0.2, -0.15) is 0 Å². The number of piperidine rings is 1. The smallest absolute Gasteiger partial charge is 0.250 e. The molecule has 9 nitrogen and oxygen atoms in total. The highest BCUT2D eigenvalue weighted by molar-refractivity contribution is 7.81. The molecular formula is C30H33ClN4O5S. The maximum atomic E-state index is 12.4. The van der Waals surface area contributed by atoms with E-state index in [1.807, 2.05) is 41.8 Å². The van der Waals surface area contributed by atoms with Gasteiger partial charge in [0, 0.05) is 23.4 Å². The van der Waals surface area contributed by atoms with Crippen LogP contribution in [0.1, 0.15) is 31.4 Å². The fraction of sp³-hybridized carbons (Fsp3) is 0.367. The van der Waals surface area contributed by atoms with Crippen molar-refractivity contribution in [2.45, 2.75) is 32.0 Å². The summed E-state index contributed by atoms with van der Waals surface area (Å²) in [6.07, 6.45) is 6.10. The molecule has 2 aliphatic rings. The van der Waals surface area contributed by atoms with Crippen molar-refractivity contribution in [1.82, 2.24) is 14.9 Å².